The normalized spacial score (nSPS) is 11.8. The maximum atomic E-state index is 13.6. The maximum Gasteiger partial charge on any atom is 0.433 e. The number of rotatable bonds is 2. The molecule has 108 valence electrons. The lowest BCUT2D eigenvalue weighted by Gasteiger charge is -2.16. The van der Waals surface area contributed by atoms with Crippen molar-refractivity contribution < 1.29 is 22.3 Å². The van der Waals surface area contributed by atoms with Crippen molar-refractivity contribution >= 4 is 16.6 Å². The van der Waals surface area contributed by atoms with Crippen molar-refractivity contribution in [2.75, 3.05) is 19.5 Å². The Balaban J connectivity index is 2.88. The summed E-state index contributed by atoms with van der Waals surface area (Å²) in [5, 5.41) is 3.08. The van der Waals surface area contributed by atoms with Crippen molar-refractivity contribution in [2.24, 2.45) is 0 Å². The summed E-state index contributed by atoms with van der Waals surface area (Å²) in [5.41, 5.74) is -0.897. The monoisotopic (exact) mass is 288 g/mol. The average molecular weight is 288 g/mol. The molecule has 0 aliphatic rings. The Kier molecular flexibility index (Phi) is 3.45. The van der Waals surface area contributed by atoms with Crippen LogP contribution in [0.3, 0.4) is 0 Å². The van der Waals surface area contributed by atoms with Crippen molar-refractivity contribution in [1.82, 2.24) is 4.98 Å². The van der Waals surface area contributed by atoms with E-state index in [1.165, 1.54) is 27.1 Å². The van der Waals surface area contributed by atoms with Gasteiger partial charge in [0.15, 0.2) is 11.6 Å². The number of fused-ring (bicyclic) bond motifs is 1. The van der Waals surface area contributed by atoms with Crippen LogP contribution in [0.15, 0.2) is 12.1 Å². The summed E-state index contributed by atoms with van der Waals surface area (Å²) >= 11 is 0. The van der Waals surface area contributed by atoms with Crippen LogP contribution in [-0.2, 0) is 6.18 Å². The van der Waals surface area contributed by atoms with Crippen molar-refractivity contribution in [3.63, 3.8) is 0 Å². The minimum atomic E-state index is -4.60. The number of hydrogen-bond acceptors (Lipinski definition) is 3. The third-order valence-electron chi connectivity index (χ3n) is 3.02. The summed E-state index contributed by atoms with van der Waals surface area (Å²) in [7, 11) is 2.78. The van der Waals surface area contributed by atoms with Crippen LogP contribution >= 0.6 is 0 Å². The third-order valence-corrected chi connectivity index (χ3v) is 3.02. The molecule has 0 saturated heterocycles. The van der Waals surface area contributed by atoms with Crippen LogP contribution in [-0.4, -0.2) is 19.1 Å². The molecule has 0 unspecified atom stereocenters. The molecule has 1 aromatic carbocycles. The molecule has 0 amide bonds. The molecule has 2 aromatic rings. The van der Waals surface area contributed by atoms with Gasteiger partial charge in [-0.1, -0.05) is 0 Å². The van der Waals surface area contributed by atoms with E-state index in [-0.39, 0.29) is 22.5 Å². The number of benzene rings is 1. The van der Waals surface area contributed by atoms with Crippen molar-refractivity contribution in [1.29, 1.82) is 0 Å². The zero-order valence-corrected chi connectivity index (χ0v) is 11.0. The van der Waals surface area contributed by atoms with Crippen LogP contribution in [0, 0.1) is 12.7 Å². The van der Waals surface area contributed by atoms with Gasteiger partial charge in [-0.05, 0) is 13.0 Å². The molecule has 0 radical (unpaired) electrons. The second kappa shape index (κ2) is 4.81. The molecule has 0 aliphatic carbocycles. The van der Waals surface area contributed by atoms with Gasteiger partial charge < -0.3 is 10.1 Å². The standard InChI is InChI=1S/C13H12F4N2O/c1-6-11(18-2)7-4-10(20-3)8(14)5-9(7)19-12(6)13(15,16)17/h4-5H,1-3H3,(H,18,19). The highest BCUT2D eigenvalue weighted by atomic mass is 19.4. The Morgan fingerprint density at radius 2 is 1.90 bits per heavy atom. The Bertz CT molecular complexity index is 668. The number of nitrogens with zero attached hydrogens (tertiary/aromatic N) is 1. The fourth-order valence-corrected chi connectivity index (χ4v) is 2.11. The van der Waals surface area contributed by atoms with Gasteiger partial charge in [0.1, 0.15) is 5.69 Å². The molecule has 0 aliphatic heterocycles. The molecule has 0 fully saturated rings. The molecule has 0 saturated carbocycles. The smallest absolute Gasteiger partial charge is 0.433 e. The van der Waals surface area contributed by atoms with Crippen LogP contribution in [0.5, 0.6) is 5.75 Å². The highest BCUT2D eigenvalue weighted by Gasteiger charge is 2.36. The fourth-order valence-electron chi connectivity index (χ4n) is 2.11. The Morgan fingerprint density at radius 3 is 2.40 bits per heavy atom. The predicted octanol–water partition coefficient (Wildman–Crippen LogP) is 3.75. The average Bonchev–Trinajstić information content (AvgIpc) is 2.36. The summed E-state index contributed by atoms with van der Waals surface area (Å²) in [6.07, 6.45) is -4.60. The number of halogens is 4. The molecular formula is C13H12F4N2O. The molecule has 3 nitrogen and oxygen atoms in total. The van der Waals surface area contributed by atoms with Gasteiger partial charge in [0.05, 0.1) is 12.6 Å². The number of ether oxygens (including phenoxy) is 1. The topological polar surface area (TPSA) is 34.2 Å². The lowest BCUT2D eigenvalue weighted by atomic mass is 10.1. The van der Waals surface area contributed by atoms with E-state index in [9.17, 15) is 17.6 Å². The van der Waals surface area contributed by atoms with Gasteiger partial charge in [-0.15, -0.1) is 0 Å². The number of hydrogen-bond donors (Lipinski definition) is 1. The summed E-state index contributed by atoms with van der Waals surface area (Å²) in [5.74, 6) is -0.804. The third kappa shape index (κ3) is 2.23. The first-order valence-corrected chi connectivity index (χ1v) is 5.72. The molecule has 2 rings (SSSR count). The van der Waals surface area contributed by atoms with Crippen molar-refractivity contribution in [2.45, 2.75) is 13.1 Å². The Labute approximate surface area is 112 Å². The number of anilines is 1. The molecule has 20 heavy (non-hydrogen) atoms. The lowest BCUT2D eigenvalue weighted by Crippen LogP contribution is -2.12. The van der Waals surface area contributed by atoms with Crippen LogP contribution in [0.4, 0.5) is 23.2 Å². The van der Waals surface area contributed by atoms with Crippen molar-refractivity contribution in [3.05, 3.63) is 29.2 Å². The van der Waals surface area contributed by atoms with E-state index >= 15 is 0 Å². The maximum absolute atomic E-state index is 13.6. The van der Waals surface area contributed by atoms with Crippen LogP contribution in [0.25, 0.3) is 10.9 Å². The van der Waals surface area contributed by atoms with E-state index in [0.717, 1.165) is 6.07 Å². The molecule has 0 atom stereocenters. The number of nitrogens with one attached hydrogen (secondary N) is 1. The first-order chi connectivity index (χ1) is 9.29. The number of aromatic nitrogens is 1. The van der Waals surface area contributed by atoms with Gasteiger partial charge in [0.25, 0.3) is 0 Å². The molecule has 1 heterocycles. The lowest BCUT2D eigenvalue weighted by molar-refractivity contribution is -0.141. The summed E-state index contributed by atoms with van der Waals surface area (Å²) in [6, 6.07) is 2.26. The van der Waals surface area contributed by atoms with Crippen molar-refractivity contribution in [3.8, 4) is 5.75 Å². The van der Waals surface area contributed by atoms with Gasteiger partial charge in [-0.25, -0.2) is 9.37 Å². The second-order valence-electron chi connectivity index (χ2n) is 4.21. The van der Waals surface area contributed by atoms with E-state index in [1.54, 1.807) is 0 Å². The van der Waals surface area contributed by atoms with Gasteiger partial charge in [0.2, 0.25) is 0 Å². The molecule has 1 aromatic heterocycles. The molecule has 0 bridgehead atoms. The Hall–Kier alpha value is -2.05. The summed E-state index contributed by atoms with van der Waals surface area (Å²) in [6.45, 7) is 1.32. The largest absolute Gasteiger partial charge is 0.494 e. The van der Waals surface area contributed by atoms with E-state index in [2.05, 4.69) is 10.3 Å². The fraction of sp³-hybridized carbons (Fsp3) is 0.308. The minimum absolute atomic E-state index is 0.0406. The quantitative estimate of drug-likeness (QED) is 0.855. The molecule has 7 heteroatoms. The zero-order chi connectivity index (χ0) is 15.1. The Morgan fingerprint density at radius 1 is 1.25 bits per heavy atom. The van der Waals surface area contributed by atoms with Gasteiger partial charge >= 0.3 is 6.18 Å². The van der Waals surface area contributed by atoms with Crippen LogP contribution in [0.2, 0.25) is 0 Å². The van der Waals surface area contributed by atoms with Crippen LogP contribution < -0.4 is 10.1 Å². The first-order valence-electron chi connectivity index (χ1n) is 5.72. The van der Waals surface area contributed by atoms with Gasteiger partial charge in [0, 0.05) is 29.8 Å². The molecular weight excluding hydrogens is 276 g/mol. The first kappa shape index (κ1) is 14.4. The number of methoxy groups -OCH3 is 1. The SMILES string of the molecule is CNc1c(C)c(C(F)(F)F)nc2cc(F)c(OC)cc12. The second-order valence-corrected chi connectivity index (χ2v) is 4.21. The minimum Gasteiger partial charge on any atom is -0.494 e. The van der Waals surface area contributed by atoms with E-state index < -0.39 is 17.7 Å². The number of alkyl halides is 3. The van der Waals surface area contributed by atoms with Gasteiger partial charge in [-0.2, -0.15) is 13.2 Å². The number of pyridine rings is 1. The van der Waals surface area contributed by atoms with E-state index in [1.807, 2.05) is 0 Å². The molecule has 0 spiro atoms. The highest BCUT2D eigenvalue weighted by Crippen LogP contribution is 2.38. The molecule has 1 N–H and O–H groups in total. The van der Waals surface area contributed by atoms with E-state index in [0.29, 0.717) is 5.39 Å². The zero-order valence-electron chi connectivity index (χ0n) is 11.0. The van der Waals surface area contributed by atoms with Gasteiger partial charge in [-0.3, -0.25) is 0 Å². The predicted molar refractivity (Wildman–Crippen MR) is 67.5 cm³/mol. The summed E-state index contributed by atoms with van der Waals surface area (Å²) < 4.78 is 57.2. The highest BCUT2D eigenvalue weighted by molar-refractivity contribution is 5.94. The van der Waals surface area contributed by atoms with Crippen LogP contribution in [0.1, 0.15) is 11.3 Å². The van der Waals surface area contributed by atoms with E-state index in [4.69, 9.17) is 4.74 Å². The summed E-state index contributed by atoms with van der Waals surface area (Å²) in [4.78, 5) is 3.53.